The van der Waals surface area contributed by atoms with E-state index in [-0.39, 0.29) is 15.7 Å². The van der Waals surface area contributed by atoms with Crippen molar-refractivity contribution in [2.24, 2.45) is 0 Å². The van der Waals surface area contributed by atoms with E-state index in [1.807, 2.05) is 5.32 Å². The van der Waals surface area contributed by atoms with E-state index >= 15 is 0 Å². The molecule has 10 heteroatoms. The standard InChI is InChI=1S/C12H10Cl2F3NO4/c1-22-10(20)11(21,12(15,16)17)5-9(19)18-8-4-6(13)2-3-7(8)14/h2-4,21H,5H2,1H3,(H,18,19)/t11-/m0/s1. The Balaban J connectivity index is 2.98. The van der Waals surface area contributed by atoms with Gasteiger partial charge in [-0.2, -0.15) is 13.2 Å². The fourth-order valence-corrected chi connectivity index (χ4v) is 1.81. The molecule has 0 aliphatic carbocycles. The van der Waals surface area contributed by atoms with Crippen molar-refractivity contribution in [3.8, 4) is 0 Å². The topological polar surface area (TPSA) is 75.6 Å². The third-order valence-electron chi connectivity index (χ3n) is 2.61. The minimum absolute atomic E-state index is 0.0198. The number of nitrogens with one attached hydrogen (secondary N) is 1. The zero-order valence-corrected chi connectivity index (χ0v) is 12.5. The molecule has 2 N–H and O–H groups in total. The number of methoxy groups -OCH3 is 1. The van der Waals surface area contributed by atoms with E-state index in [0.29, 0.717) is 7.11 Å². The van der Waals surface area contributed by atoms with Crippen LogP contribution in [-0.2, 0) is 14.3 Å². The molecule has 0 bridgehead atoms. The molecule has 0 aliphatic rings. The van der Waals surface area contributed by atoms with Gasteiger partial charge in [-0.15, -0.1) is 0 Å². The minimum Gasteiger partial charge on any atom is -0.467 e. The molecule has 1 amide bonds. The second kappa shape index (κ2) is 6.72. The Bertz CT molecular complexity index is 594. The number of alkyl halides is 3. The first-order valence-corrected chi connectivity index (χ1v) is 6.39. The normalized spacial score (nSPS) is 14.1. The molecule has 1 rings (SSSR count). The summed E-state index contributed by atoms with van der Waals surface area (Å²) in [5.41, 5.74) is -4.02. The molecule has 122 valence electrons. The Kier molecular flexibility index (Phi) is 5.66. The summed E-state index contributed by atoms with van der Waals surface area (Å²) in [6.07, 6.45) is -6.98. The fourth-order valence-electron chi connectivity index (χ4n) is 1.48. The number of carbonyl (C=O) groups excluding carboxylic acids is 2. The number of carbonyl (C=O) groups is 2. The highest BCUT2D eigenvalue weighted by Gasteiger charge is 2.61. The largest absolute Gasteiger partial charge is 0.467 e. The third kappa shape index (κ3) is 4.02. The molecule has 0 heterocycles. The highest BCUT2D eigenvalue weighted by molar-refractivity contribution is 6.35. The number of ether oxygens (including phenoxy) is 1. The van der Waals surface area contributed by atoms with Crippen LogP contribution < -0.4 is 5.32 Å². The average molecular weight is 360 g/mol. The summed E-state index contributed by atoms with van der Waals surface area (Å²) >= 11 is 11.4. The van der Waals surface area contributed by atoms with Crippen molar-refractivity contribution >= 4 is 40.8 Å². The molecule has 0 saturated carbocycles. The van der Waals surface area contributed by atoms with Crippen LogP contribution in [0.3, 0.4) is 0 Å². The maximum Gasteiger partial charge on any atom is 0.428 e. The zero-order valence-electron chi connectivity index (χ0n) is 11.0. The molecule has 1 atom stereocenters. The van der Waals surface area contributed by atoms with Crippen LogP contribution in [-0.4, -0.2) is 35.9 Å². The molecular weight excluding hydrogens is 350 g/mol. The molecule has 0 spiro atoms. The zero-order chi connectivity index (χ0) is 17.1. The van der Waals surface area contributed by atoms with Crippen LogP contribution in [0, 0.1) is 0 Å². The van der Waals surface area contributed by atoms with Gasteiger partial charge in [0.25, 0.3) is 5.60 Å². The molecular formula is C12H10Cl2F3NO4. The van der Waals surface area contributed by atoms with Crippen molar-refractivity contribution in [3.05, 3.63) is 28.2 Å². The lowest BCUT2D eigenvalue weighted by atomic mass is 9.98. The first-order chi connectivity index (χ1) is 10.0. The summed E-state index contributed by atoms with van der Waals surface area (Å²) in [6.45, 7) is 0. The second-order valence-electron chi connectivity index (χ2n) is 4.20. The summed E-state index contributed by atoms with van der Waals surface area (Å²) < 4.78 is 42.3. The first-order valence-electron chi connectivity index (χ1n) is 5.63. The molecule has 0 fully saturated rings. The molecule has 0 saturated heterocycles. The van der Waals surface area contributed by atoms with Gasteiger partial charge in [0.15, 0.2) is 0 Å². The van der Waals surface area contributed by atoms with Crippen molar-refractivity contribution in [3.63, 3.8) is 0 Å². The highest BCUT2D eigenvalue weighted by atomic mass is 35.5. The van der Waals surface area contributed by atoms with Gasteiger partial charge in [0.1, 0.15) is 0 Å². The molecule has 0 radical (unpaired) electrons. The molecule has 0 aliphatic heterocycles. The predicted octanol–water partition coefficient (Wildman–Crippen LogP) is 2.79. The number of hydrogen-bond donors (Lipinski definition) is 2. The number of aliphatic hydroxyl groups is 1. The maximum atomic E-state index is 12.8. The van der Waals surface area contributed by atoms with Crippen molar-refractivity contribution in [1.29, 1.82) is 0 Å². The lowest BCUT2D eigenvalue weighted by molar-refractivity contribution is -0.261. The Morgan fingerprint density at radius 3 is 2.41 bits per heavy atom. The van der Waals surface area contributed by atoms with Crippen LogP contribution in [0.4, 0.5) is 18.9 Å². The van der Waals surface area contributed by atoms with Gasteiger partial charge in [-0.3, -0.25) is 4.79 Å². The molecule has 1 aromatic carbocycles. The lowest BCUT2D eigenvalue weighted by Crippen LogP contribution is -2.54. The SMILES string of the molecule is COC(=O)[C@@](O)(CC(=O)Nc1cc(Cl)ccc1Cl)C(F)(F)F. The number of anilines is 1. The van der Waals surface area contributed by atoms with E-state index in [1.165, 1.54) is 18.2 Å². The van der Waals surface area contributed by atoms with Crippen LogP contribution in [0.5, 0.6) is 0 Å². The van der Waals surface area contributed by atoms with Gasteiger partial charge in [-0.1, -0.05) is 23.2 Å². The number of esters is 1. The third-order valence-corrected chi connectivity index (χ3v) is 3.18. The van der Waals surface area contributed by atoms with Crippen LogP contribution in [0.1, 0.15) is 6.42 Å². The number of benzene rings is 1. The van der Waals surface area contributed by atoms with Gasteiger partial charge in [-0.05, 0) is 18.2 Å². The monoisotopic (exact) mass is 359 g/mol. The first kappa shape index (κ1) is 18.5. The van der Waals surface area contributed by atoms with Crippen molar-refractivity contribution in [2.75, 3.05) is 12.4 Å². The van der Waals surface area contributed by atoms with Crippen molar-refractivity contribution < 1.29 is 32.6 Å². The van der Waals surface area contributed by atoms with E-state index in [2.05, 4.69) is 4.74 Å². The molecule has 5 nitrogen and oxygen atoms in total. The summed E-state index contributed by atoms with van der Waals surface area (Å²) in [5, 5.41) is 11.7. The average Bonchev–Trinajstić information content (AvgIpc) is 2.40. The van der Waals surface area contributed by atoms with Gasteiger partial charge in [0.05, 0.1) is 24.2 Å². The highest BCUT2D eigenvalue weighted by Crippen LogP contribution is 2.35. The lowest BCUT2D eigenvalue weighted by Gasteiger charge is -2.26. The smallest absolute Gasteiger partial charge is 0.428 e. The Morgan fingerprint density at radius 1 is 1.32 bits per heavy atom. The fraction of sp³-hybridized carbons (Fsp3) is 0.333. The summed E-state index contributed by atoms with van der Waals surface area (Å²) in [7, 11) is 0.658. The second-order valence-corrected chi connectivity index (χ2v) is 5.04. The number of amides is 1. The number of hydrogen-bond acceptors (Lipinski definition) is 4. The van der Waals surface area contributed by atoms with Gasteiger partial charge in [-0.25, -0.2) is 4.79 Å². The van der Waals surface area contributed by atoms with Crippen molar-refractivity contribution in [2.45, 2.75) is 18.2 Å². The summed E-state index contributed by atoms with van der Waals surface area (Å²) in [5.74, 6) is -3.29. The molecule has 0 unspecified atom stereocenters. The number of halogens is 5. The van der Waals surface area contributed by atoms with Gasteiger partial charge in [0, 0.05) is 5.02 Å². The van der Waals surface area contributed by atoms with Crippen molar-refractivity contribution in [1.82, 2.24) is 0 Å². The van der Waals surface area contributed by atoms with Gasteiger partial charge in [0.2, 0.25) is 5.91 Å². The van der Waals surface area contributed by atoms with E-state index in [4.69, 9.17) is 23.2 Å². The summed E-state index contributed by atoms with van der Waals surface area (Å²) in [4.78, 5) is 22.8. The van der Waals surface area contributed by atoms with Crippen LogP contribution in [0.25, 0.3) is 0 Å². The van der Waals surface area contributed by atoms with Gasteiger partial charge < -0.3 is 15.2 Å². The quantitative estimate of drug-likeness (QED) is 0.810. The Morgan fingerprint density at radius 2 is 1.91 bits per heavy atom. The maximum absolute atomic E-state index is 12.8. The Hall–Kier alpha value is -1.51. The number of rotatable bonds is 4. The molecule has 22 heavy (non-hydrogen) atoms. The Labute approximate surface area is 133 Å². The molecule has 1 aromatic rings. The van der Waals surface area contributed by atoms with Gasteiger partial charge >= 0.3 is 12.1 Å². The van der Waals surface area contributed by atoms with Crippen LogP contribution in [0.2, 0.25) is 10.0 Å². The summed E-state index contributed by atoms with van der Waals surface area (Å²) in [6, 6.07) is 3.92. The van der Waals surface area contributed by atoms with E-state index in [9.17, 15) is 27.9 Å². The predicted molar refractivity (Wildman–Crippen MR) is 72.7 cm³/mol. The van der Waals surface area contributed by atoms with E-state index in [1.54, 1.807) is 0 Å². The van der Waals surface area contributed by atoms with E-state index < -0.39 is 30.1 Å². The molecule has 0 aromatic heterocycles. The van der Waals surface area contributed by atoms with E-state index in [0.717, 1.165) is 0 Å². The van der Waals surface area contributed by atoms with Crippen LogP contribution >= 0.6 is 23.2 Å². The minimum atomic E-state index is -5.39. The van der Waals surface area contributed by atoms with Crippen LogP contribution in [0.15, 0.2) is 18.2 Å².